The van der Waals surface area contributed by atoms with Gasteiger partial charge in [-0.15, -0.1) is 0 Å². The molecule has 0 bridgehead atoms. The molecule has 0 aromatic rings. The Balaban J connectivity index is 4.59. The molecule has 6 heteroatoms. The van der Waals surface area contributed by atoms with E-state index < -0.39 is 6.10 Å². The summed E-state index contributed by atoms with van der Waals surface area (Å²) in [7, 11) is 0. The summed E-state index contributed by atoms with van der Waals surface area (Å²) in [6.07, 6.45) is 72.2. The Labute approximate surface area is 406 Å². The van der Waals surface area contributed by atoms with Gasteiger partial charge >= 0.3 is 17.9 Å². The van der Waals surface area contributed by atoms with Crippen LogP contribution in [0.3, 0.4) is 0 Å². The highest BCUT2D eigenvalue weighted by Crippen LogP contribution is 2.12. The molecule has 0 saturated heterocycles. The van der Waals surface area contributed by atoms with E-state index in [9.17, 15) is 14.4 Å². The van der Waals surface area contributed by atoms with Gasteiger partial charge in [0, 0.05) is 19.3 Å². The number of rotatable bonds is 47. The summed E-state index contributed by atoms with van der Waals surface area (Å²) >= 11 is 0. The van der Waals surface area contributed by atoms with E-state index in [0.717, 1.165) is 83.5 Å². The molecule has 0 saturated carbocycles. The van der Waals surface area contributed by atoms with Gasteiger partial charge in [-0.3, -0.25) is 14.4 Å². The van der Waals surface area contributed by atoms with Crippen LogP contribution in [-0.2, 0) is 28.6 Å². The standard InChI is InChI=1S/C60H98O6/c1-4-7-10-13-16-19-22-25-28-30-32-35-38-41-44-47-50-53-59(62)65-56-57(55-64-58(61)52-49-46-43-40-37-34-27-24-21-18-15-12-9-6-3)66-60(63)54-51-48-45-42-39-36-33-31-29-26-23-20-17-14-11-8-5-2/h16-17,19-20,24-29,32-33,35-36,41-42,44-45,57H,4-15,18,21-23,30-31,34,37-40,43,46-56H2,1-3H3/b19-16-,20-17-,27-24-,28-25-,29-26-,35-32-,36-33-,44-41-,45-42-/t57-/m1/s1. The summed E-state index contributed by atoms with van der Waals surface area (Å²) in [6.45, 7) is 6.46. The van der Waals surface area contributed by atoms with Crippen LogP contribution in [0.25, 0.3) is 0 Å². The van der Waals surface area contributed by atoms with E-state index in [2.05, 4.69) is 130 Å². The van der Waals surface area contributed by atoms with E-state index >= 15 is 0 Å². The van der Waals surface area contributed by atoms with Gasteiger partial charge in [-0.1, -0.05) is 201 Å². The Kier molecular flexibility index (Phi) is 50.5. The Morgan fingerprint density at radius 1 is 0.303 bits per heavy atom. The van der Waals surface area contributed by atoms with Crippen molar-refractivity contribution in [2.45, 2.75) is 239 Å². The second-order valence-corrected chi connectivity index (χ2v) is 17.4. The van der Waals surface area contributed by atoms with Crippen molar-refractivity contribution in [3.63, 3.8) is 0 Å². The van der Waals surface area contributed by atoms with E-state index in [4.69, 9.17) is 14.2 Å². The molecule has 0 aliphatic rings. The summed E-state index contributed by atoms with van der Waals surface area (Å²) < 4.78 is 16.7. The van der Waals surface area contributed by atoms with E-state index in [1.807, 2.05) is 0 Å². The molecule has 0 amide bonds. The lowest BCUT2D eigenvalue weighted by Crippen LogP contribution is -2.30. The van der Waals surface area contributed by atoms with Gasteiger partial charge in [0.1, 0.15) is 13.2 Å². The van der Waals surface area contributed by atoms with Crippen molar-refractivity contribution in [1.29, 1.82) is 0 Å². The van der Waals surface area contributed by atoms with Crippen LogP contribution in [0.1, 0.15) is 233 Å². The normalized spacial score (nSPS) is 13.0. The van der Waals surface area contributed by atoms with Crippen LogP contribution in [-0.4, -0.2) is 37.2 Å². The quantitative estimate of drug-likeness (QED) is 0.0262. The number of hydrogen-bond acceptors (Lipinski definition) is 6. The fourth-order valence-corrected chi connectivity index (χ4v) is 6.89. The second kappa shape index (κ2) is 53.7. The molecule has 0 aliphatic carbocycles. The number of carbonyl (C=O) groups is 3. The highest BCUT2D eigenvalue weighted by Gasteiger charge is 2.19. The summed E-state index contributed by atoms with van der Waals surface area (Å²) in [5, 5.41) is 0. The van der Waals surface area contributed by atoms with Crippen LogP contribution in [0.15, 0.2) is 109 Å². The third kappa shape index (κ3) is 51.1. The Morgan fingerprint density at radius 2 is 0.561 bits per heavy atom. The molecule has 0 heterocycles. The lowest BCUT2D eigenvalue weighted by Gasteiger charge is -2.18. The van der Waals surface area contributed by atoms with Crippen molar-refractivity contribution in [2.75, 3.05) is 13.2 Å². The molecule has 0 aromatic carbocycles. The molecule has 6 nitrogen and oxygen atoms in total. The molecule has 0 aliphatic heterocycles. The minimum absolute atomic E-state index is 0.123. The van der Waals surface area contributed by atoms with Gasteiger partial charge in [-0.05, 0) is 122 Å². The lowest BCUT2D eigenvalue weighted by atomic mass is 10.1. The number of unbranched alkanes of at least 4 members (excludes halogenated alkanes) is 18. The van der Waals surface area contributed by atoms with Gasteiger partial charge in [-0.25, -0.2) is 0 Å². The maximum atomic E-state index is 12.8. The van der Waals surface area contributed by atoms with Crippen molar-refractivity contribution in [1.82, 2.24) is 0 Å². The van der Waals surface area contributed by atoms with Gasteiger partial charge in [0.25, 0.3) is 0 Å². The van der Waals surface area contributed by atoms with Crippen LogP contribution in [0, 0.1) is 0 Å². The first-order chi connectivity index (χ1) is 32.5. The van der Waals surface area contributed by atoms with Crippen LogP contribution < -0.4 is 0 Å². The highest BCUT2D eigenvalue weighted by molar-refractivity contribution is 5.71. The Bertz CT molecular complexity index is 1370. The number of esters is 3. The monoisotopic (exact) mass is 915 g/mol. The SMILES string of the molecule is CCCCC/C=C\C/C=C\C/C=C\C/C=C\CCCC(=O)OC[C@@H](COC(=O)CCCCCCC/C=C\CCCCCCC)OC(=O)CCC/C=C\C/C=C\C/C=C\C/C=C\CCCCC. The predicted octanol–water partition coefficient (Wildman–Crippen LogP) is 17.9. The molecule has 0 rings (SSSR count). The number of allylic oxidation sites excluding steroid dienone is 18. The zero-order valence-corrected chi connectivity index (χ0v) is 42.7. The maximum Gasteiger partial charge on any atom is 0.306 e. The number of hydrogen-bond donors (Lipinski definition) is 0. The fourth-order valence-electron chi connectivity index (χ4n) is 6.89. The first kappa shape index (κ1) is 62.1. The van der Waals surface area contributed by atoms with E-state index in [-0.39, 0.29) is 44.0 Å². The topological polar surface area (TPSA) is 78.9 Å². The van der Waals surface area contributed by atoms with E-state index in [0.29, 0.717) is 19.3 Å². The van der Waals surface area contributed by atoms with Gasteiger partial charge in [-0.2, -0.15) is 0 Å². The molecule has 66 heavy (non-hydrogen) atoms. The smallest absolute Gasteiger partial charge is 0.306 e. The molecule has 0 N–H and O–H groups in total. The van der Waals surface area contributed by atoms with Crippen molar-refractivity contribution in [3.05, 3.63) is 109 Å². The first-order valence-corrected chi connectivity index (χ1v) is 26.9. The van der Waals surface area contributed by atoms with Crippen molar-refractivity contribution < 1.29 is 28.6 Å². The van der Waals surface area contributed by atoms with Crippen LogP contribution in [0.2, 0.25) is 0 Å². The third-order valence-corrected chi connectivity index (χ3v) is 11.0. The molecular weight excluding hydrogens is 817 g/mol. The average molecular weight is 915 g/mol. The molecule has 0 fully saturated rings. The average Bonchev–Trinajstić information content (AvgIpc) is 3.31. The van der Waals surface area contributed by atoms with Crippen molar-refractivity contribution in [2.24, 2.45) is 0 Å². The van der Waals surface area contributed by atoms with Crippen molar-refractivity contribution in [3.8, 4) is 0 Å². The lowest BCUT2D eigenvalue weighted by molar-refractivity contribution is -0.167. The third-order valence-electron chi connectivity index (χ3n) is 11.0. The van der Waals surface area contributed by atoms with Gasteiger partial charge in [0.05, 0.1) is 0 Å². The summed E-state index contributed by atoms with van der Waals surface area (Å²) in [5.74, 6) is -1.05. The molecule has 374 valence electrons. The first-order valence-electron chi connectivity index (χ1n) is 26.9. The van der Waals surface area contributed by atoms with Crippen LogP contribution in [0.5, 0.6) is 0 Å². The molecule has 0 aromatic heterocycles. The fraction of sp³-hybridized carbons (Fsp3) is 0.650. The molecule has 0 radical (unpaired) electrons. The van der Waals surface area contributed by atoms with E-state index in [1.165, 1.54) is 96.3 Å². The van der Waals surface area contributed by atoms with E-state index in [1.54, 1.807) is 0 Å². The molecule has 1 atom stereocenters. The van der Waals surface area contributed by atoms with Gasteiger partial charge in [0.15, 0.2) is 6.10 Å². The van der Waals surface area contributed by atoms with Crippen molar-refractivity contribution >= 4 is 17.9 Å². The van der Waals surface area contributed by atoms with Crippen LogP contribution in [0.4, 0.5) is 0 Å². The highest BCUT2D eigenvalue weighted by atomic mass is 16.6. The zero-order valence-electron chi connectivity index (χ0n) is 42.7. The predicted molar refractivity (Wildman–Crippen MR) is 283 cm³/mol. The number of ether oxygens (including phenoxy) is 3. The molecule has 0 spiro atoms. The minimum Gasteiger partial charge on any atom is -0.462 e. The summed E-state index contributed by atoms with van der Waals surface area (Å²) in [6, 6.07) is 0. The number of carbonyl (C=O) groups excluding carboxylic acids is 3. The molecular formula is C60H98O6. The summed E-state index contributed by atoms with van der Waals surface area (Å²) in [5.41, 5.74) is 0. The summed E-state index contributed by atoms with van der Waals surface area (Å²) in [4.78, 5) is 38.0. The largest absolute Gasteiger partial charge is 0.462 e. The minimum atomic E-state index is -0.833. The van der Waals surface area contributed by atoms with Gasteiger partial charge in [0.2, 0.25) is 0 Å². The molecule has 0 unspecified atom stereocenters. The zero-order chi connectivity index (χ0) is 47.9. The second-order valence-electron chi connectivity index (χ2n) is 17.4. The Hall–Kier alpha value is -3.93. The maximum absolute atomic E-state index is 12.8. The Morgan fingerprint density at radius 3 is 0.955 bits per heavy atom. The van der Waals surface area contributed by atoms with Gasteiger partial charge < -0.3 is 14.2 Å². The van der Waals surface area contributed by atoms with Crippen LogP contribution >= 0.6 is 0 Å².